The lowest BCUT2D eigenvalue weighted by atomic mass is 10.0. The van der Waals surface area contributed by atoms with Gasteiger partial charge in [0.15, 0.2) is 5.96 Å². The van der Waals surface area contributed by atoms with Crippen LogP contribution < -0.4 is 10.6 Å². The lowest BCUT2D eigenvalue weighted by Crippen LogP contribution is -2.43. The summed E-state index contributed by atoms with van der Waals surface area (Å²) in [7, 11) is 0. The monoisotopic (exact) mass is 251 g/mol. The van der Waals surface area contributed by atoms with Gasteiger partial charge in [0.25, 0.3) is 0 Å². The van der Waals surface area contributed by atoms with Crippen LogP contribution in [0, 0.1) is 0 Å². The van der Waals surface area contributed by atoms with Gasteiger partial charge in [0.2, 0.25) is 0 Å². The van der Waals surface area contributed by atoms with Gasteiger partial charge in [-0.1, -0.05) is 25.0 Å². The van der Waals surface area contributed by atoms with Crippen LogP contribution in [-0.2, 0) is 0 Å². The second-order valence-electron chi connectivity index (χ2n) is 5.41. The average molecular weight is 251 g/mol. The molecule has 0 aromatic heterocycles. The van der Waals surface area contributed by atoms with Gasteiger partial charge in [0, 0.05) is 12.6 Å². The molecule has 0 aromatic carbocycles. The van der Waals surface area contributed by atoms with Crippen molar-refractivity contribution >= 4 is 5.96 Å². The first-order valence-corrected chi connectivity index (χ1v) is 7.14. The Morgan fingerprint density at radius 3 is 2.61 bits per heavy atom. The topological polar surface area (TPSA) is 56.7 Å². The van der Waals surface area contributed by atoms with Crippen LogP contribution in [0.4, 0.5) is 0 Å². The minimum absolute atomic E-state index is 0.459. The summed E-state index contributed by atoms with van der Waals surface area (Å²) >= 11 is 0. The molecular weight excluding hydrogens is 226 g/mol. The molecule has 0 spiro atoms. The summed E-state index contributed by atoms with van der Waals surface area (Å²) in [4.78, 5) is 4.55. The molecular formula is C14H25N3O. The zero-order chi connectivity index (χ0) is 12.8. The fraction of sp³-hybridized carbons (Fsp3) is 0.786. The SMILES string of the molecule is CCNC(=NCC1(O)CCCC1)NC1CC=CC1. The van der Waals surface area contributed by atoms with Crippen molar-refractivity contribution in [1.82, 2.24) is 10.6 Å². The van der Waals surface area contributed by atoms with E-state index in [0.717, 1.165) is 51.0 Å². The Balaban J connectivity index is 1.86. The van der Waals surface area contributed by atoms with Crippen molar-refractivity contribution in [2.45, 2.75) is 57.1 Å². The van der Waals surface area contributed by atoms with E-state index in [2.05, 4.69) is 34.7 Å². The molecule has 0 unspecified atom stereocenters. The molecule has 2 rings (SSSR count). The molecule has 1 saturated carbocycles. The van der Waals surface area contributed by atoms with Crippen molar-refractivity contribution < 1.29 is 5.11 Å². The predicted octanol–water partition coefficient (Wildman–Crippen LogP) is 1.57. The van der Waals surface area contributed by atoms with Gasteiger partial charge in [-0.05, 0) is 32.6 Å². The highest BCUT2D eigenvalue weighted by Gasteiger charge is 2.30. The van der Waals surface area contributed by atoms with Crippen molar-refractivity contribution in [2.24, 2.45) is 4.99 Å². The molecule has 0 amide bonds. The van der Waals surface area contributed by atoms with Gasteiger partial charge in [-0.2, -0.15) is 0 Å². The Labute approximate surface area is 110 Å². The maximum atomic E-state index is 10.3. The fourth-order valence-corrected chi connectivity index (χ4v) is 2.67. The van der Waals surface area contributed by atoms with Crippen LogP contribution in [0.1, 0.15) is 45.4 Å². The Kier molecular flexibility index (Phi) is 4.64. The number of rotatable bonds is 4. The first-order valence-electron chi connectivity index (χ1n) is 7.14. The Morgan fingerprint density at radius 1 is 1.33 bits per heavy atom. The quantitative estimate of drug-likeness (QED) is 0.404. The van der Waals surface area contributed by atoms with E-state index in [9.17, 15) is 5.11 Å². The highest BCUT2D eigenvalue weighted by atomic mass is 16.3. The standard InChI is InChI=1S/C14H25N3O/c1-2-15-13(17-12-7-3-4-8-12)16-11-14(18)9-5-6-10-14/h3-4,12,18H,2,5-11H2,1H3,(H2,15,16,17). The molecule has 0 heterocycles. The van der Waals surface area contributed by atoms with Crippen LogP contribution in [0.2, 0.25) is 0 Å². The third kappa shape index (κ3) is 3.73. The van der Waals surface area contributed by atoms with Crippen molar-refractivity contribution in [3.05, 3.63) is 12.2 Å². The third-order valence-electron chi connectivity index (χ3n) is 3.76. The molecule has 4 nitrogen and oxygen atoms in total. The number of nitrogens with one attached hydrogen (secondary N) is 2. The summed E-state index contributed by atoms with van der Waals surface area (Å²) in [6.45, 7) is 3.43. The van der Waals surface area contributed by atoms with Gasteiger partial charge in [0.1, 0.15) is 0 Å². The molecule has 1 fully saturated rings. The minimum Gasteiger partial charge on any atom is -0.388 e. The second-order valence-corrected chi connectivity index (χ2v) is 5.41. The highest BCUT2D eigenvalue weighted by Crippen LogP contribution is 2.29. The van der Waals surface area contributed by atoms with E-state index in [1.54, 1.807) is 0 Å². The number of nitrogens with zero attached hydrogens (tertiary/aromatic N) is 1. The molecule has 0 bridgehead atoms. The second kappa shape index (κ2) is 6.23. The predicted molar refractivity (Wildman–Crippen MR) is 74.7 cm³/mol. The van der Waals surface area contributed by atoms with E-state index in [1.807, 2.05) is 0 Å². The van der Waals surface area contributed by atoms with Crippen molar-refractivity contribution in [3.8, 4) is 0 Å². The molecule has 0 radical (unpaired) electrons. The zero-order valence-electron chi connectivity index (χ0n) is 11.3. The van der Waals surface area contributed by atoms with Gasteiger partial charge in [-0.25, -0.2) is 0 Å². The maximum absolute atomic E-state index is 10.3. The lowest BCUT2D eigenvalue weighted by molar-refractivity contribution is 0.0574. The molecule has 3 N–H and O–H groups in total. The lowest BCUT2D eigenvalue weighted by Gasteiger charge is -2.22. The molecule has 4 heteroatoms. The molecule has 0 aliphatic heterocycles. The summed E-state index contributed by atoms with van der Waals surface area (Å²) in [6.07, 6.45) is 10.6. The van der Waals surface area contributed by atoms with Crippen LogP contribution in [0.3, 0.4) is 0 Å². The largest absolute Gasteiger partial charge is 0.388 e. The molecule has 18 heavy (non-hydrogen) atoms. The summed E-state index contributed by atoms with van der Waals surface area (Å²) in [6, 6.07) is 0.459. The third-order valence-corrected chi connectivity index (χ3v) is 3.76. The maximum Gasteiger partial charge on any atom is 0.191 e. The van der Waals surface area contributed by atoms with Crippen LogP contribution >= 0.6 is 0 Å². The molecule has 0 saturated heterocycles. The summed E-state index contributed by atoms with van der Waals surface area (Å²) in [5, 5.41) is 17.0. The summed E-state index contributed by atoms with van der Waals surface area (Å²) < 4.78 is 0. The van der Waals surface area contributed by atoms with Crippen molar-refractivity contribution in [2.75, 3.05) is 13.1 Å². The first-order chi connectivity index (χ1) is 8.72. The van der Waals surface area contributed by atoms with Crippen LogP contribution in [0.5, 0.6) is 0 Å². The average Bonchev–Trinajstić information content (AvgIpc) is 2.99. The molecule has 2 aliphatic rings. The molecule has 2 aliphatic carbocycles. The number of aliphatic hydroxyl groups is 1. The Bertz CT molecular complexity index is 311. The highest BCUT2D eigenvalue weighted by molar-refractivity contribution is 5.80. The minimum atomic E-state index is -0.559. The van der Waals surface area contributed by atoms with Gasteiger partial charge < -0.3 is 15.7 Å². The summed E-state index contributed by atoms with van der Waals surface area (Å²) in [5.41, 5.74) is -0.559. The van der Waals surface area contributed by atoms with E-state index in [-0.39, 0.29) is 0 Å². The normalized spacial score (nSPS) is 23.6. The van der Waals surface area contributed by atoms with Crippen molar-refractivity contribution in [1.29, 1.82) is 0 Å². The van der Waals surface area contributed by atoms with Crippen LogP contribution in [0.25, 0.3) is 0 Å². The van der Waals surface area contributed by atoms with E-state index in [1.165, 1.54) is 0 Å². The van der Waals surface area contributed by atoms with Crippen molar-refractivity contribution in [3.63, 3.8) is 0 Å². The zero-order valence-corrected chi connectivity index (χ0v) is 11.3. The van der Waals surface area contributed by atoms with Crippen LogP contribution in [0.15, 0.2) is 17.1 Å². The number of aliphatic imine (C=N–C) groups is 1. The van der Waals surface area contributed by atoms with Gasteiger partial charge >= 0.3 is 0 Å². The van der Waals surface area contributed by atoms with E-state index < -0.39 is 5.60 Å². The number of hydrogen-bond donors (Lipinski definition) is 3. The Hall–Kier alpha value is -1.03. The Morgan fingerprint density at radius 2 is 2.00 bits per heavy atom. The van der Waals surface area contributed by atoms with Gasteiger partial charge in [-0.3, -0.25) is 4.99 Å². The summed E-state index contributed by atoms with van der Waals surface area (Å²) in [5.74, 6) is 0.839. The van der Waals surface area contributed by atoms with Crippen LogP contribution in [-0.4, -0.2) is 35.8 Å². The number of guanidine groups is 1. The van der Waals surface area contributed by atoms with Gasteiger partial charge in [0.05, 0.1) is 12.1 Å². The molecule has 0 aromatic rings. The van der Waals surface area contributed by atoms with E-state index >= 15 is 0 Å². The molecule has 102 valence electrons. The smallest absolute Gasteiger partial charge is 0.191 e. The number of hydrogen-bond acceptors (Lipinski definition) is 2. The van der Waals surface area contributed by atoms with Gasteiger partial charge in [-0.15, -0.1) is 0 Å². The van der Waals surface area contributed by atoms with E-state index in [0.29, 0.717) is 12.6 Å². The first kappa shape index (κ1) is 13.4. The molecule has 0 atom stereocenters. The fourth-order valence-electron chi connectivity index (χ4n) is 2.67. The van der Waals surface area contributed by atoms with E-state index in [4.69, 9.17) is 0 Å².